The second kappa shape index (κ2) is 7.87. The lowest BCUT2D eigenvalue weighted by molar-refractivity contribution is -0.125. The highest BCUT2D eigenvalue weighted by Crippen LogP contribution is 2.13. The Bertz CT molecular complexity index is 465. The van der Waals surface area contributed by atoms with Gasteiger partial charge in [0.15, 0.2) is 6.61 Å². The fraction of sp³-hybridized carbons (Fsp3) is 0.571. The number of aromatic nitrogens is 1. The van der Waals surface area contributed by atoms with Gasteiger partial charge in [-0.2, -0.15) is 0 Å². The third-order valence-corrected chi connectivity index (χ3v) is 3.33. The van der Waals surface area contributed by atoms with Crippen molar-refractivity contribution < 1.29 is 18.3 Å². The van der Waals surface area contributed by atoms with Crippen molar-refractivity contribution in [2.45, 2.75) is 25.8 Å². The van der Waals surface area contributed by atoms with Gasteiger partial charge in [0, 0.05) is 24.7 Å². The number of carbonyl (C=O) groups is 1. The molecule has 0 spiro atoms. The molecule has 2 rings (SSSR count). The van der Waals surface area contributed by atoms with Gasteiger partial charge in [0.05, 0.1) is 0 Å². The van der Waals surface area contributed by atoms with E-state index in [1.165, 1.54) is 6.20 Å². The van der Waals surface area contributed by atoms with Crippen molar-refractivity contribution in [1.29, 1.82) is 0 Å². The van der Waals surface area contributed by atoms with E-state index in [9.17, 15) is 13.6 Å². The van der Waals surface area contributed by atoms with Crippen molar-refractivity contribution in [3.8, 4) is 5.88 Å². The highest BCUT2D eigenvalue weighted by molar-refractivity contribution is 5.78. The number of nitrogens with zero attached hydrogens (tertiary/aromatic N) is 1. The predicted octanol–water partition coefficient (Wildman–Crippen LogP) is 1.34. The topological polar surface area (TPSA) is 63.2 Å². The van der Waals surface area contributed by atoms with Gasteiger partial charge in [0.2, 0.25) is 11.8 Å². The van der Waals surface area contributed by atoms with E-state index >= 15 is 0 Å². The molecule has 1 aromatic heterocycles. The number of carbonyl (C=O) groups excluding carboxylic acids is 1. The monoisotopic (exact) mass is 299 g/mol. The van der Waals surface area contributed by atoms with Crippen LogP contribution >= 0.6 is 0 Å². The first-order valence-corrected chi connectivity index (χ1v) is 6.99. The molecule has 0 radical (unpaired) electrons. The summed E-state index contributed by atoms with van der Waals surface area (Å²) in [6, 6.07) is 3.28. The lowest BCUT2D eigenvalue weighted by Crippen LogP contribution is -2.37. The second-order valence-corrected chi connectivity index (χ2v) is 4.95. The molecule has 7 heteroatoms. The van der Waals surface area contributed by atoms with Gasteiger partial charge in [0.25, 0.3) is 6.43 Å². The zero-order chi connectivity index (χ0) is 15.1. The van der Waals surface area contributed by atoms with E-state index in [0.29, 0.717) is 6.54 Å². The minimum absolute atomic E-state index is 0.0309. The zero-order valence-electron chi connectivity index (χ0n) is 11.6. The predicted molar refractivity (Wildman–Crippen MR) is 73.2 cm³/mol. The number of alkyl halides is 2. The number of amides is 1. The average Bonchev–Trinajstić information content (AvgIpc) is 2.52. The lowest BCUT2D eigenvalue weighted by Gasteiger charge is -2.21. The van der Waals surface area contributed by atoms with Crippen LogP contribution in [0.3, 0.4) is 0 Å². The van der Waals surface area contributed by atoms with Crippen molar-refractivity contribution in [1.82, 2.24) is 15.6 Å². The average molecular weight is 299 g/mol. The SMILES string of the molecule is O=C(NCc1ccnc(OCC(F)F)c1)C1CCNCC1. The van der Waals surface area contributed by atoms with Gasteiger partial charge < -0.3 is 15.4 Å². The molecule has 0 aromatic carbocycles. The van der Waals surface area contributed by atoms with Crippen molar-refractivity contribution in [2.75, 3.05) is 19.7 Å². The first-order chi connectivity index (χ1) is 10.1. The number of piperidine rings is 1. The standard InChI is InChI=1S/C14H19F2N3O2/c15-12(16)9-21-13-7-10(1-6-18-13)8-19-14(20)11-2-4-17-5-3-11/h1,6-7,11-12,17H,2-5,8-9H2,(H,19,20). The quantitative estimate of drug-likeness (QED) is 0.832. The molecule has 1 saturated heterocycles. The number of nitrogens with one attached hydrogen (secondary N) is 2. The summed E-state index contributed by atoms with van der Waals surface area (Å²) in [6.45, 7) is 1.38. The molecule has 21 heavy (non-hydrogen) atoms. The maximum Gasteiger partial charge on any atom is 0.272 e. The van der Waals surface area contributed by atoms with Crippen LogP contribution in [0.1, 0.15) is 18.4 Å². The number of pyridine rings is 1. The molecule has 1 aliphatic heterocycles. The molecule has 5 nitrogen and oxygen atoms in total. The first-order valence-electron chi connectivity index (χ1n) is 6.99. The van der Waals surface area contributed by atoms with Crippen molar-refractivity contribution in [3.63, 3.8) is 0 Å². The Labute approximate surface area is 122 Å². The van der Waals surface area contributed by atoms with Gasteiger partial charge in [-0.15, -0.1) is 0 Å². The summed E-state index contributed by atoms with van der Waals surface area (Å²) in [7, 11) is 0. The summed E-state index contributed by atoms with van der Waals surface area (Å²) in [5, 5.41) is 6.07. The normalized spacial score (nSPS) is 16.0. The number of hydrogen-bond donors (Lipinski definition) is 2. The molecule has 1 aromatic rings. The van der Waals surface area contributed by atoms with E-state index < -0.39 is 13.0 Å². The van der Waals surface area contributed by atoms with E-state index in [-0.39, 0.29) is 17.7 Å². The molecular formula is C14H19F2N3O2. The molecule has 0 bridgehead atoms. The van der Waals surface area contributed by atoms with Crippen molar-refractivity contribution in [2.24, 2.45) is 5.92 Å². The highest BCUT2D eigenvalue weighted by Gasteiger charge is 2.20. The van der Waals surface area contributed by atoms with E-state index in [1.54, 1.807) is 12.1 Å². The Hall–Kier alpha value is -1.76. The molecular weight excluding hydrogens is 280 g/mol. The number of ether oxygens (including phenoxy) is 1. The summed E-state index contributed by atoms with van der Waals surface area (Å²) in [4.78, 5) is 15.8. The summed E-state index contributed by atoms with van der Waals surface area (Å²) in [5.41, 5.74) is 0.775. The van der Waals surface area contributed by atoms with Crippen LogP contribution in [0.25, 0.3) is 0 Å². The summed E-state index contributed by atoms with van der Waals surface area (Å²) in [5.74, 6) is 0.218. The lowest BCUT2D eigenvalue weighted by atomic mass is 9.97. The Morgan fingerprint density at radius 3 is 2.95 bits per heavy atom. The Kier molecular flexibility index (Phi) is 5.86. The molecule has 0 unspecified atom stereocenters. The largest absolute Gasteiger partial charge is 0.472 e. The van der Waals surface area contributed by atoms with E-state index in [0.717, 1.165) is 31.5 Å². The van der Waals surface area contributed by atoms with Crippen LogP contribution in [0.15, 0.2) is 18.3 Å². The van der Waals surface area contributed by atoms with Gasteiger partial charge >= 0.3 is 0 Å². The fourth-order valence-electron chi connectivity index (χ4n) is 2.21. The van der Waals surface area contributed by atoms with Gasteiger partial charge in [0.1, 0.15) is 0 Å². The van der Waals surface area contributed by atoms with Gasteiger partial charge in [-0.25, -0.2) is 13.8 Å². The summed E-state index contributed by atoms with van der Waals surface area (Å²) < 4.78 is 29.0. The fourth-order valence-corrected chi connectivity index (χ4v) is 2.21. The van der Waals surface area contributed by atoms with E-state index in [1.807, 2.05) is 0 Å². The molecule has 0 aliphatic carbocycles. The van der Waals surface area contributed by atoms with Crippen LogP contribution in [-0.2, 0) is 11.3 Å². The third kappa shape index (κ3) is 5.26. The van der Waals surface area contributed by atoms with Crippen LogP contribution in [0, 0.1) is 5.92 Å². The van der Waals surface area contributed by atoms with Gasteiger partial charge in [-0.3, -0.25) is 4.79 Å². The van der Waals surface area contributed by atoms with Gasteiger partial charge in [-0.1, -0.05) is 0 Å². The molecule has 0 atom stereocenters. The van der Waals surface area contributed by atoms with Crippen LogP contribution < -0.4 is 15.4 Å². The molecule has 1 aliphatic rings. The smallest absolute Gasteiger partial charge is 0.272 e. The summed E-state index contributed by atoms with van der Waals surface area (Å²) in [6.07, 6.45) is 0.623. The third-order valence-electron chi connectivity index (χ3n) is 3.33. The first kappa shape index (κ1) is 15.6. The van der Waals surface area contributed by atoms with Crippen LogP contribution in [0.2, 0.25) is 0 Å². The van der Waals surface area contributed by atoms with Crippen molar-refractivity contribution in [3.05, 3.63) is 23.9 Å². The maximum absolute atomic E-state index is 12.1. The van der Waals surface area contributed by atoms with Crippen LogP contribution in [-0.4, -0.2) is 37.0 Å². The molecule has 2 N–H and O–H groups in total. The molecule has 1 fully saturated rings. The second-order valence-electron chi connectivity index (χ2n) is 4.95. The Morgan fingerprint density at radius 2 is 2.24 bits per heavy atom. The zero-order valence-corrected chi connectivity index (χ0v) is 11.6. The van der Waals surface area contributed by atoms with E-state index in [4.69, 9.17) is 4.74 Å². The minimum atomic E-state index is -2.53. The Morgan fingerprint density at radius 1 is 1.48 bits per heavy atom. The molecule has 116 valence electrons. The highest BCUT2D eigenvalue weighted by atomic mass is 19.3. The molecule has 1 amide bonds. The molecule has 2 heterocycles. The van der Waals surface area contributed by atoms with Gasteiger partial charge in [-0.05, 0) is 37.6 Å². The van der Waals surface area contributed by atoms with E-state index in [2.05, 4.69) is 15.6 Å². The Balaban J connectivity index is 1.82. The summed E-state index contributed by atoms with van der Waals surface area (Å²) >= 11 is 0. The number of hydrogen-bond acceptors (Lipinski definition) is 4. The van der Waals surface area contributed by atoms with Crippen LogP contribution in [0.5, 0.6) is 5.88 Å². The maximum atomic E-state index is 12.1. The van der Waals surface area contributed by atoms with Crippen molar-refractivity contribution >= 4 is 5.91 Å². The number of rotatable bonds is 6. The van der Waals surface area contributed by atoms with Crippen LogP contribution in [0.4, 0.5) is 8.78 Å². The number of halogens is 2. The minimum Gasteiger partial charge on any atom is -0.472 e. The molecule has 0 saturated carbocycles.